The molecule has 1 heterocycles. The molecular weight excluding hydrogens is 591 g/mol. The van der Waals surface area contributed by atoms with Crippen LogP contribution in [0.25, 0.3) is 11.4 Å². The molecule has 17 heteroatoms. The van der Waals surface area contributed by atoms with E-state index in [-0.39, 0.29) is 16.2 Å². The number of hydrogen-bond donors (Lipinski definition) is 3. The van der Waals surface area contributed by atoms with Crippen LogP contribution in [0.1, 0.15) is 11.1 Å². The lowest BCUT2D eigenvalue weighted by Gasteiger charge is -2.14. The average molecular weight is 604 g/mol. The number of nitrogens with one attached hydrogen (secondary N) is 3. The van der Waals surface area contributed by atoms with Crippen molar-refractivity contribution in [2.45, 2.75) is 12.5 Å². The van der Waals surface area contributed by atoms with E-state index in [1.165, 1.54) is 12.1 Å². The lowest BCUT2D eigenvalue weighted by molar-refractivity contribution is -0.274. The average Bonchev–Trinajstić information content (AvgIpc) is 2.87. The first-order valence-electron chi connectivity index (χ1n) is 11.0. The van der Waals surface area contributed by atoms with Gasteiger partial charge in [0.1, 0.15) is 28.2 Å². The summed E-state index contributed by atoms with van der Waals surface area (Å²) < 4.78 is 123. The van der Waals surface area contributed by atoms with E-state index in [1.54, 1.807) is 0 Å². The number of alkyl halides is 6. The standard InChI is InChI=1S/C24H13F9N6OS/c25-15-9-6-12(10-14(15)23(28,29)30)34-21-35-19(18-16(26)2-1-3-17(18)27)36-22(37-21)39-38-20(41)11-4-7-13(8-5-11)40-24(31,32)33/h1-10H,(H,38,41)(H2,34,35,36,37,39). The van der Waals surface area contributed by atoms with Crippen molar-refractivity contribution in [1.82, 2.24) is 20.4 Å². The van der Waals surface area contributed by atoms with Crippen LogP contribution in [0.15, 0.2) is 60.7 Å². The minimum atomic E-state index is -5.02. The molecule has 1 aromatic heterocycles. The van der Waals surface area contributed by atoms with Gasteiger partial charge in [-0.15, -0.1) is 13.2 Å². The van der Waals surface area contributed by atoms with Crippen molar-refractivity contribution in [2.24, 2.45) is 0 Å². The first-order valence-corrected chi connectivity index (χ1v) is 11.4. The Labute approximate surface area is 229 Å². The van der Waals surface area contributed by atoms with Crippen LogP contribution in [0.3, 0.4) is 0 Å². The molecular formula is C24H13F9N6OS. The molecule has 0 radical (unpaired) electrons. The molecule has 0 atom stereocenters. The van der Waals surface area contributed by atoms with E-state index < -0.39 is 64.6 Å². The molecule has 3 N–H and O–H groups in total. The number of benzene rings is 3. The fourth-order valence-electron chi connectivity index (χ4n) is 3.25. The van der Waals surface area contributed by atoms with Gasteiger partial charge in [0.15, 0.2) is 5.82 Å². The number of hydrazine groups is 1. The van der Waals surface area contributed by atoms with Crippen molar-refractivity contribution < 1.29 is 44.3 Å². The molecule has 0 aliphatic carbocycles. The molecule has 0 bridgehead atoms. The van der Waals surface area contributed by atoms with Crippen molar-refractivity contribution in [3.8, 4) is 17.1 Å². The van der Waals surface area contributed by atoms with E-state index in [4.69, 9.17) is 12.2 Å². The molecule has 0 aliphatic heterocycles. The molecule has 0 amide bonds. The number of halogens is 9. The van der Waals surface area contributed by atoms with E-state index in [2.05, 4.69) is 35.9 Å². The molecule has 0 spiro atoms. The fraction of sp³-hybridized carbons (Fsp3) is 0.0833. The lowest BCUT2D eigenvalue weighted by Crippen LogP contribution is -2.29. The van der Waals surface area contributed by atoms with Gasteiger partial charge in [0.25, 0.3) is 0 Å². The normalized spacial score (nSPS) is 11.6. The van der Waals surface area contributed by atoms with Gasteiger partial charge in [0.05, 0.1) is 11.1 Å². The number of rotatable bonds is 7. The maximum atomic E-state index is 14.5. The molecule has 0 fully saturated rings. The Kier molecular flexibility index (Phi) is 8.18. The number of nitrogens with zero attached hydrogens (tertiary/aromatic N) is 3. The van der Waals surface area contributed by atoms with Crippen LogP contribution in [-0.2, 0) is 6.18 Å². The smallest absolute Gasteiger partial charge is 0.406 e. The number of hydrogen-bond acceptors (Lipinski definition) is 7. The van der Waals surface area contributed by atoms with E-state index in [1.807, 2.05) is 0 Å². The number of thiocarbonyl (C=S) groups is 1. The van der Waals surface area contributed by atoms with Crippen LogP contribution in [-0.4, -0.2) is 26.3 Å². The van der Waals surface area contributed by atoms with Crippen LogP contribution in [0.4, 0.5) is 57.1 Å². The minimum absolute atomic E-state index is 0.0922. The van der Waals surface area contributed by atoms with Crippen LogP contribution >= 0.6 is 12.2 Å². The fourth-order valence-corrected chi connectivity index (χ4v) is 3.44. The SMILES string of the molecule is Fc1ccc(Nc2nc(NNC(=S)c3ccc(OC(F)(F)F)cc3)nc(-c3c(F)cccc3F)n2)cc1C(F)(F)F. The Morgan fingerprint density at radius 1 is 0.756 bits per heavy atom. The van der Waals surface area contributed by atoms with Crippen LogP contribution in [0.5, 0.6) is 5.75 Å². The number of anilines is 3. The molecule has 41 heavy (non-hydrogen) atoms. The molecule has 3 aromatic carbocycles. The van der Waals surface area contributed by atoms with E-state index in [9.17, 15) is 39.5 Å². The highest BCUT2D eigenvalue weighted by molar-refractivity contribution is 7.80. The Hall–Kier alpha value is -4.67. The zero-order valence-corrected chi connectivity index (χ0v) is 20.6. The molecule has 0 unspecified atom stereocenters. The first kappa shape index (κ1) is 29.3. The summed E-state index contributed by atoms with van der Waals surface area (Å²) in [7, 11) is 0. The second kappa shape index (κ2) is 11.4. The highest BCUT2D eigenvalue weighted by Gasteiger charge is 2.34. The molecule has 0 saturated carbocycles. The summed E-state index contributed by atoms with van der Waals surface area (Å²) in [6.45, 7) is 0. The van der Waals surface area contributed by atoms with E-state index >= 15 is 0 Å². The van der Waals surface area contributed by atoms with Gasteiger partial charge < -0.3 is 10.1 Å². The zero-order valence-electron chi connectivity index (χ0n) is 19.8. The Bertz CT molecular complexity index is 1560. The monoisotopic (exact) mass is 604 g/mol. The van der Waals surface area contributed by atoms with Gasteiger partial charge in [-0.1, -0.05) is 18.3 Å². The molecule has 7 nitrogen and oxygen atoms in total. The van der Waals surface area contributed by atoms with Gasteiger partial charge in [-0.3, -0.25) is 10.9 Å². The van der Waals surface area contributed by atoms with Gasteiger partial charge >= 0.3 is 12.5 Å². The van der Waals surface area contributed by atoms with Crippen LogP contribution in [0, 0.1) is 17.5 Å². The summed E-state index contributed by atoms with van der Waals surface area (Å²) in [5.74, 6) is -5.70. The Morgan fingerprint density at radius 3 is 2.00 bits per heavy atom. The third-order valence-corrected chi connectivity index (χ3v) is 5.33. The summed E-state index contributed by atoms with van der Waals surface area (Å²) in [4.78, 5) is 11.6. The maximum absolute atomic E-state index is 14.5. The molecule has 0 saturated heterocycles. The van der Waals surface area contributed by atoms with Gasteiger partial charge in [0, 0.05) is 11.3 Å². The van der Waals surface area contributed by atoms with Gasteiger partial charge in [0.2, 0.25) is 11.9 Å². The summed E-state index contributed by atoms with van der Waals surface area (Å²) in [6, 6.07) is 9.24. The summed E-state index contributed by atoms with van der Waals surface area (Å²) in [6.07, 6.45) is -9.92. The third-order valence-electron chi connectivity index (χ3n) is 4.99. The Morgan fingerprint density at radius 2 is 1.39 bits per heavy atom. The van der Waals surface area contributed by atoms with Crippen molar-refractivity contribution in [3.05, 3.63) is 89.2 Å². The third kappa shape index (κ3) is 7.50. The van der Waals surface area contributed by atoms with E-state index in [0.717, 1.165) is 36.4 Å². The summed E-state index contributed by atoms with van der Waals surface area (Å²) in [5.41, 5.74) is 2.50. The molecule has 0 aliphatic rings. The molecule has 4 aromatic rings. The van der Waals surface area contributed by atoms with Gasteiger partial charge in [-0.25, -0.2) is 13.2 Å². The van der Waals surface area contributed by atoms with Gasteiger partial charge in [-0.05, 0) is 54.6 Å². The van der Waals surface area contributed by atoms with Crippen LogP contribution < -0.4 is 20.9 Å². The predicted octanol–water partition coefficient (Wildman–Crippen LogP) is 6.91. The zero-order chi connectivity index (χ0) is 29.9. The molecule has 214 valence electrons. The number of aromatic nitrogens is 3. The quantitative estimate of drug-likeness (QED) is 0.119. The van der Waals surface area contributed by atoms with Crippen molar-refractivity contribution >= 4 is 34.8 Å². The van der Waals surface area contributed by atoms with Crippen molar-refractivity contribution in [3.63, 3.8) is 0 Å². The second-order valence-electron chi connectivity index (χ2n) is 7.87. The highest BCUT2D eigenvalue weighted by atomic mass is 32.1. The summed E-state index contributed by atoms with van der Waals surface area (Å²) >= 11 is 5.15. The minimum Gasteiger partial charge on any atom is -0.406 e. The summed E-state index contributed by atoms with van der Waals surface area (Å²) in [5, 5.41) is 2.40. The largest absolute Gasteiger partial charge is 0.573 e. The van der Waals surface area contributed by atoms with Gasteiger partial charge in [-0.2, -0.15) is 28.1 Å². The van der Waals surface area contributed by atoms with Crippen LogP contribution in [0.2, 0.25) is 0 Å². The number of ether oxygens (including phenoxy) is 1. The predicted molar refractivity (Wildman–Crippen MR) is 131 cm³/mol. The van der Waals surface area contributed by atoms with E-state index in [0.29, 0.717) is 12.1 Å². The molecule has 4 rings (SSSR count). The second-order valence-corrected chi connectivity index (χ2v) is 8.28. The van der Waals surface area contributed by atoms with Crippen molar-refractivity contribution in [2.75, 3.05) is 10.7 Å². The Balaban J connectivity index is 1.63. The first-order chi connectivity index (χ1) is 19.2. The maximum Gasteiger partial charge on any atom is 0.573 e. The highest BCUT2D eigenvalue weighted by Crippen LogP contribution is 2.34. The van der Waals surface area contributed by atoms with Crippen molar-refractivity contribution in [1.29, 1.82) is 0 Å². The topological polar surface area (TPSA) is 84.0 Å². The lowest BCUT2D eigenvalue weighted by atomic mass is 10.2.